The smallest absolute Gasteiger partial charge is 0.118 e. The van der Waals surface area contributed by atoms with Crippen molar-refractivity contribution < 1.29 is 4.74 Å². The van der Waals surface area contributed by atoms with Gasteiger partial charge in [-0.2, -0.15) is 0 Å². The Hall–Kier alpha value is -2.00. The SMILES string of the molecule is Br.COc1ccc(-c2cc3n(c2)CCc2ccccc2-3)cc1. The van der Waals surface area contributed by atoms with Crippen LogP contribution in [0.2, 0.25) is 0 Å². The molecule has 1 aromatic heterocycles. The number of nitrogens with zero attached hydrogens (tertiary/aromatic N) is 1. The van der Waals surface area contributed by atoms with E-state index in [9.17, 15) is 0 Å². The fourth-order valence-corrected chi connectivity index (χ4v) is 3.09. The van der Waals surface area contributed by atoms with Crippen LogP contribution in [0.15, 0.2) is 60.8 Å². The topological polar surface area (TPSA) is 14.2 Å². The van der Waals surface area contributed by atoms with E-state index in [0.717, 1.165) is 18.7 Å². The molecule has 0 fully saturated rings. The minimum Gasteiger partial charge on any atom is -0.497 e. The predicted octanol–water partition coefficient (Wildman–Crippen LogP) is 4.96. The summed E-state index contributed by atoms with van der Waals surface area (Å²) in [5, 5.41) is 0. The average molecular weight is 356 g/mol. The van der Waals surface area contributed by atoms with Gasteiger partial charge in [0.05, 0.1) is 7.11 Å². The molecule has 0 aliphatic carbocycles. The maximum absolute atomic E-state index is 5.23. The third-order valence-corrected chi connectivity index (χ3v) is 4.24. The van der Waals surface area contributed by atoms with Gasteiger partial charge in [0, 0.05) is 24.0 Å². The Morgan fingerprint density at radius 1 is 0.955 bits per heavy atom. The van der Waals surface area contributed by atoms with E-state index in [1.54, 1.807) is 7.11 Å². The molecule has 1 aliphatic heterocycles. The van der Waals surface area contributed by atoms with E-state index in [1.165, 1.54) is 27.9 Å². The molecular formula is C19H18BrNO. The number of fused-ring (bicyclic) bond motifs is 3. The molecule has 0 spiro atoms. The van der Waals surface area contributed by atoms with Crippen molar-refractivity contribution in [2.45, 2.75) is 13.0 Å². The van der Waals surface area contributed by atoms with E-state index >= 15 is 0 Å². The molecule has 2 heterocycles. The molecule has 4 rings (SSSR count). The van der Waals surface area contributed by atoms with Crippen LogP contribution in [0.5, 0.6) is 5.75 Å². The number of aromatic nitrogens is 1. The lowest BCUT2D eigenvalue weighted by molar-refractivity contribution is 0.415. The first-order valence-corrected chi connectivity index (χ1v) is 7.28. The number of hydrogen-bond acceptors (Lipinski definition) is 1. The van der Waals surface area contributed by atoms with Gasteiger partial charge in [-0.3, -0.25) is 0 Å². The van der Waals surface area contributed by atoms with Crippen LogP contribution in [0.1, 0.15) is 5.56 Å². The van der Waals surface area contributed by atoms with Gasteiger partial charge in [-0.05, 0) is 41.3 Å². The highest BCUT2D eigenvalue weighted by atomic mass is 79.9. The molecule has 0 atom stereocenters. The molecule has 22 heavy (non-hydrogen) atoms. The highest BCUT2D eigenvalue weighted by Crippen LogP contribution is 2.34. The van der Waals surface area contributed by atoms with Gasteiger partial charge >= 0.3 is 0 Å². The van der Waals surface area contributed by atoms with Crippen LogP contribution < -0.4 is 4.74 Å². The summed E-state index contributed by atoms with van der Waals surface area (Å²) in [5.74, 6) is 0.896. The second-order valence-electron chi connectivity index (χ2n) is 5.44. The molecule has 112 valence electrons. The van der Waals surface area contributed by atoms with Crippen LogP contribution in [0, 0.1) is 0 Å². The standard InChI is InChI=1S/C19H17NO.BrH/c1-21-17-8-6-14(7-9-17)16-12-19-18-5-3-2-4-15(18)10-11-20(19)13-16;/h2-9,12-13H,10-11H2,1H3;1H. The second kappa shape index (κ2) is 6.01. The maximum Gasteiger partial charge on any atom is 0.118 e. The number of halogens is 1. The predicted molar refractivity (Wildman–Crippen MR) is 95.9 cm³/mol. The molecule has 0 unspecified atom stereocenters. The molecule has 3 heteroatoms. The fourth-order valence-electron chi connectivity index (χ4n) is 3.09. The van der Waals surface area contributed by atoms with Gasteiger partial charge in [0.1, 0.15) is 5.75 Å². The van der Waals surface area contributed by atoms with Crippen molar-refractivity contribution in [3.63, 3.8) is 0 Å². The zero-order valence-electron chi connectivity index (χ0n) is 12.5. The molecule has 2 nitrogen and oxygen atoms in total. The Morgan fingerprint density at radius 3 is 2.50 bits per heavy atom. The van der Waals surface area contributed by atoms with Crippen LogP contribution in [0.3, 0.4) is 0 Å². The molecule has 0 bridgehead atoms. The summed E-state index contributed by atoms with van der Waals surface area (Å²) in [4.78, 5) is 0. The van der Waals surface area contributed by atoms with Gasteiger partial charge in [-0.15, -0.1) is 17.0 Å². The lowest BCUT2D eigenvalue weighted by atomic mass is 9.98. The van der Waals surface area contributed by atoms with Gasteiger partial charge < -0.3 is 9.30 Å². The quantitative estimate of drug-likeness (QED) is 0.633. The molecule has 1 aliphatic rings. The van der Waals surface area contributed by atoms with Crippen molar-refractivity contribution in [3.05, 3.63) is 66.4 Å². The Morgan fingerprint density at radius 2 is 1.73 bits per heavy atom. The monoisotopic (exact) mass is 355 g/mol. The molecule has 0 saturated heterocycles. The molecule has 0 saturated carbocycles. The van der Waals surface area contributed by atoms with E-state index in [4.69, 9.17) is 4.74 Å². The van der Waals surface area contributed by atoms with Crippen LogP contribution >= 0.6 is 17.0 Å². The Labute approximate surface area is 141 Å². The number of aryl methyl sites for hydroxylation is 2. The van der Waals surface area contributed by atoms with Crippen LogP contribution in [0.25, 0.3) is 22.4 Å². The van der Waals surface area contributed by atoms with E-state index < -0.39 is 0 Å². The van der Waals surface area contributed by atoms with Gasteiger partial charge in [-0.1, -0.05) is 36.4 Å². The minimum atomic E-state index is 0. The third-order valence-electron chi connectivity index (χ3n) is 4.24. The van der Waals surface area contributed by atoms with Crippen molar-refractivity contribution in [1.82, 2.24) is 4.57 Å². The maximum atomic E-state index is 5.23. The number of hydrogen-bond donors (Lipinski definition) is 0. The first-order chi connectivity index (χ1) is 10.3. The summed E-state index contributed by atoms with van der Waals surface area (Å²) >= 11 is 0. The molecule has 0 radical (unpaired) electrons. The van der Waals surface area contributed by atoms with E-state index in [1.807, 2.05) is 12.1 Å². The Bertz CT molecular complexity index is 789. The van der Waals surface area contributed by atoms with Gasteiger partial charge in [-0.25, -0.2) is 0 Å². The average Bonchev–Trinajstić information content (AvgIpc) is 2.99. The van der Waals surface area contributed by atoms with Gasteiger partial charge in [0.2, 0.25) is 0 Å². The molecular weight excluding hydrogens is 338 g/mol. The summed E-state index contributed by atoms with van der Waals surface area (Å²) in [6, 6.07) is 19.3. The number of methoxy groups -OCH3 is 1. The summed E-state index contributed by atoms with van der Waals surface area (Å²) in [5.41, 5.74) is 6.63. The molecule has 3 aromatic rings. The summed E-state index contributed by atoms with van der Waals surface area (Å²) in [6.45, 7) is 1.06. The van der Waals surface area contributed by atoms with E-state index in [2.05, 4.69) is 53.2 Å². The molecule has 0 N–H and O–H groups in total. The van der Waals surface area contributed by atoms with Crippen molar-refractivity contribution >= 4 is 17.0 Å². The number of benzene rings is 2. The highest BCUT2D eigenvalue weighted by Gasteiger charge is 2.16. The van der Waals surface area contributed by atoms with Crippen molar-refractivity contribution in [1.29, 1.82) is 0 Å². The zero-order valence-corrected chi connectivity index (χ0v) is 14.2. The lowest BCUT2D eigenvalue weighted by Crippen LogP contribution is -2.08. The van der Waals surface area contributed by atoms with Gasteiger partial charge in [0.15, 0.2) is 0 Å². The van der Waals surface area contributed by atoms with Crippen molar-refractivity contribution in [3.8, 4) is 28.1 Å². The lowest BCUT2D eigenvalue weighted by Gasteiger charge is -2.18. The van der Waals surface area contributed by atoms with E-state index in [-0.39, 0.29) is 17.0 Å². The minimum absolute atomic E-state index is 0. The number of rotatable bonds is 2. The Balaban J connectivity index is 0.00000144. The van der Waals surface area contributed by atoms with Crippen LogP contribution in [-0.2, 0) is 13.0 Å². The number of ether oxygens (including phenoxy) is 1. The van der Waals surface area contributed by atoms with Crippen LogP contribution in [0.4, 0.5) is 0 Å². The fraction of sp³-hybridized carbons (Fsp3) is 0.158. The first-order valence-electron chi connectivity index (χ1n) is 7.28. The van der Waals surface area contributed by atoms with E-state index in [0.29, 0.717) is 0 Å². The molecule has 0 amide bonds. The van der Waals surface area contributed by atoms with Crippen molar-refractivity contribution in [2.75, 3.05) is 7.11 Å². The zero-order chi connectivity index (χ0) is 14.2. The third kappa shape index (κ3) is 2.46. The molecule has 2 aromatic carbocycles. The van der Waals surface area contributed by atoms with Crippen LogP contribution in [-0.4, -0.2) is 11.7 Å². The Kier molecular flexibility index (Phi) is 4.08. The summed E-state index contributed by atoms with van der Waals surface area (Å²) in [7, 11) is 1.70. The van der Waals surface area contributed by atoms with Gasteiger partial charge in [0.25, 0.3) is 0 Å². The first kappa shape index (κ1) is 14.9. The normalized spacial score (nSPS) is 12.0. The largest absolute Gasteiger partial charge is 0.497 e. The van der Waals surface area contributed by atoms with Crippen molar-refractivity contribution in [2.24, 2.45) is 0 Å². The summed E-state index contributed by atoms with van der Waals surface area (Å²) < 4.78 is 7.59. The summed E-state index contributed by atoms with van der Waals surface area (Å²) in [6.07, 6.45) is 3.37. The second-order valence-corrected chi connectivity index (χ2v) is 5.44. The highest BCUT2D eigenvalue weighted by molar-refractivity contribution is 8.93.